The van der Waals surface area contributed by atoms with Gasteiger partial charge in [0.15, 0.2) is 0 Å². The third-order valence-electron chi connectivity index (χ3n) is 3.26. The van der Waals surface area contributed by atoms with Crippen LogP contribution >= 0.6 is 27.5 Å². The van der Waals surface area contributed by atoms with E-state index >= 15 is 0 Å². The lowest BCUT2D eigenvalue weighted by Gasteiger charge is -2.16. The van der Waals surface area contributed by atoms with Crippen LogP contribution in [0.5, 0.6) is 0 Å². The molecule has 0 N–H and O–H groups in total. The number of ketones is 1. The first-order chi connectivity index (χ1) is 9.49. The van der Waals surface area contributed by atoms with E-state index in [1.165, 1.54) is 11.1 Å². The minimum Gasteiger partial charge on any atom is -0.321 e. The lowest BCUT2D eigenvalue weighted by molar-refractivity contribution is -0.114. The number of hydrogen-bond donors (Lipinski definition) is 0. The Morgan fingerprint density at radius 2 is 2.10 bits per heavy atom. The van der Waals surface area contributed by atoms with E-state index in [-0.39, 0.29) is 6.54 Å². The molecule has 20 heavy (non-hydrogen) atoms. The summed E-state index contributed by atoms with van der Waals surface area (Å²) >= 11 is 9.27. The zero-order chi connectivity index (χ0) is 14.4. The molecule has 7 heteroatoms. The second-order valence-corrected chi connectivity index (χ2v) is 5.74. The highest BCUT2D eigenvalue weighted by Gasteiger charge is 2.36. The van der Waals surface area contributed by atoms with Crippen LogP contribution in [0.25, 0.3) is 0 Å². The van der Waals surface area contributed by atoms with Crippen molar-refractivity contribution < 1.29 is 9.59 Å². The summed E-state index contributed by atoms with van der Waals surface area (Å²) in [5, 5.41) is 0.479. The molecule has 0 atom stereocenters. The average Bonchev–Trinajstić information content (AvgIpc) is 2.85. The number of halogens is 2. The van der Waals surface area contributed by atoms with Gasteiger partial charge in [0, 0.05) is 11.5 Å². The van der Waals surface area contributed by atoms with Gasteiger partial charge in [-0.2, -0.15) is 0 Å². The molecule has 1 aliphatic heterocycles. The third kappa shape index (κ3) is 1.96. The molecule has 5 nitrogen and oxygen atoms in total. The lowest BCUT2D eigenvalue weighted by atomic mass is 10.1. The quantitative estimate of drug-likeness (QED) is 0.779. The fourth-order valence-electron chi connectivity index (χ4n) is 2.14. The number of benzene rings is 1. The predicted molar refractivity (Wildman–Crippen MR) is 77.9 cm³/mol. The predicted octanol–water partition coefficient (Wildman–Crippen LogP) is 2.57. The maximum absolute atomic E-state index is 12.1. The number of carbonyl (C=O) groups is 2. The van der Waals surface area contributed by atoms with Crippen LogP contribution < -0.4 is 4.90 Å². The first kappa shape index (κ1) is 13.3. The Bertz CT molecular complexity index is 741. The van der Waals surface area contributed by atoms with Gasteiger partial charge >= 0.3 is 0 Å². The molecule has 0 aliphatic carbocycles. The summed E-state index contributed by atoms with van der Waals surface area (Å²) in [5.74, 6) is -0.422. The van der Waals surface area contributed by atoms with Crippen molar-refractivity contribution in [2.75, 3.05) is 4.90 Å². The van der Waals surface area contributed by atoms with Gasteiger partial charge in [-0.3, -0.25) is 14.5 Å². The van der Waals surface area contributed by atoms with Crippen LogP contribution in [0.4, 0.5) is 5.69 Å². The summed E-state index contributed by atoms with van der Waals surface area (Å²) in [7, 11) is 1.76. The zero-order valence-corrected chi connectivity index (χ0v) is 12.8. The number of aromatic nitrogens is 2. The highest BCUT2D eigenvalue weighted by Crippen LogP contribution is 2.32. The molecule has 1 aliphatic rings. The van der Waals surface area contributed by atoms with Crippen LogP contribution in [-0.2, 0) is 18.4 Å². The molecule has 2 heterocycles. The van der Waals surface area contributed by atoms with Gasteiger partial charge in [-0.1, -0.05) is 27.5 Å². The van der Waals surface area contributed by atoms with Crippen LogP contribution in [0.15, 0.2) is 28.9 Å². The second-order valence-electron chi connectivity index (χ2n) is 4.44. The van der Waals surface area contributed by atoms with Gasteiger partial charge in [0.2, 0.25) is 0 Å². The molecule has 0 saturated carbocycles. The smallest absolute Gasteiger partial charge is 0.299 e. The fourth-order valence-corrected chi connectivity index (χ4v) is 2.63. The van der Waals surface area contributed by atoms with E-state index in [4.69, 9.17) is 11.6 Å². The molecule has 0 fully saturated rings. The van der Waals surface area contributed by atoms with Gasteiger partial charge in [0.05, 0.1) is 24.0 Å². The van der Waals surface area contributed by atoms with E-state index in [2.05, 4.69) is 20.9 Å². The lowest BCUT2D eigenvalue weighted by Crippen LogP contribution is -2.30. The van der Waals surface area contributed by atoms with Crippen LogP contribution in [0, 0.1) is 0 Å². The molecular formula is C13H9BrClN3O2. The summed E-state index contributed by atoms with van der Waals surface area (Å²) < 4.78 is 2.48. The second kappa shape index (κ2) is 4.71. The van der Waals surface area contributed by atoms with Crippen molar-refractivity contribution in [1.82, 2.24) is 9.55 Å². The van der Waals surface area contributed by atoms with E-state index in [9.17, 15) is 9.59 Å². The zero-order valence-electron chi connectivity index (χ0n) is 10.4. The molecule has 0 radical (unpaired) electrons. The summed E-state index contributed by atoms with van der Waals surface area (Å²) in [6.45, 7) is 0.206. The number of amides is 1. The SMILES string of the molecule is Cn1c(Cl)cnc1CN1C(=O)C(=O)c2ccc(Br)cc21. The maximum Gasteiger partial charge on any atom is 0.299 e. The highest BCUT2D eigenvalue weighted by atomic mass is 79.9. The first-order valence-electron chi connectivity index (χ1n) is 5.81. The number of imidazole rings is 1. The maximum atomic E-state index is 12.1. The van der Waals surface area contributed by atoms with Gasteiger partial charge in [-0.05, 0) is 18.2 Å². The number of Topliss-reactive ketones (excluding diaryl/α,β-unsaturated/α-hetero) is 1. The van der Waals surface area contributed by atoms with Crippen LogP contribution in [0.1, 0.15) is 16.2 Å². The van der Waals surface area contributed by atoms with Crippen molar-refractivity contribution in [2.45, 2.75) is 6.54 Å². The van der Waals surface area contributed by atoms with Crippen molar-refractivity contribution in [3.63, 3.8) is 0 Å². The molecule has 1 aromatic carbocycles. The van der Waals surface area contributed by atoms with Gasteiger partial charge < -0.3 is 4.57 Å². The monoisotopic (exact) mass is 353 g/mol. The normalized spacial score (nSPS) is 14.1. The summed E-state index contributed by atoms with van der Waals surface area (Å²) in [4.78, 5) is 29.6. The van der Waals surface area contributed by atoms with Crippen LogP contribution in [0.3, 0.4) is 0 Å². The Balaban J connectivity index is 2.03. The molecule has 0 saturated heterocycles. The van der Waals surface area contributed by atoms with Crippen molar-refractivity contribution in [3.8, 4) is 0 Å². The molecule has 1 amide bonds. The summed E-state index contributed by atoms with van der Waals surface area (Å²) in [6, 6.07) is 5.14. The van der Waals surface area contributed by atoms with Crippen LogP contribution in [-0.4, -0.2) is 21.2 Å². The topological polar surface area (TPSA) is 55.2 Å². The van der Waals surface area contributed by atoms with E-state index < -0.39 is 11.7 Å². The van der Waals surface area contributed by atoms with Crippen molar-refractivity contribution >= 4 is 44.9 Å². The van der Waals surface area contributed by atoms with E-state index in [1.807, 2.05) is 0 Å². The third-order valence-corrected chi connectivity index (χ3v) is 4.11. The summed E-state index contributed by atoms with van der Waals surface area (Å²) in [5.41, 5.74) is 1.01. The van der Waals surface area contributed by atoms with Crippen LogP contribution in [0.2, 0.25) is 5.15 Å². The van der Waals surface area contributed by atoms with Crippen molar-refractivity contribution in [2.24, 2.45) is 7.05 Å². The largest absolute Gasteiger partial charge is 0.321 e. The summed E-state index contributed by atoms with van der Waals surface area (Å²) in [6.07, 6.45) is 1.51. The number of carbonyl (C=O) groups excluding carboxylic acids is 2. The Morgan fingerprint density at radius 3 is 2.75 bits per heavy atom. The molecule has 0 bridgehead atoms. The highest BCUT2D eigenvalue weighted by molar-refractivity contribution is 9.10. The molecule has 2 aromatic rings. The number of fused-ring (bicyclic) bond motifs is 1. The van der Waals surface area contributed by atoms with E-state index in [1.54, 1.807) is 29.8 Å². The minimum absolute atomic E-state index is 0.206. The van der Waals surface area contributed by atoms with E-state index in [0.717, 1.165) is 4.47 Å². The molecule has 0 unspecified atom stereocenters. The van der Waals surface area contributed by atoms with Gasteiger partial charge in [0.1, 0.15) is 11.0 Å². The van der Waals surface area contributed by atoms with Crippen molar-refractivity contribution in [1.29, 1.82) is 0 Å². The minimum atomic E-state index is -0.544. The fraction of sp³-hybridized carbons (Fsp3) is 0.154. The molecule has 102 valence electrons. The Labute approximate surface area is 128 Å². The molecule has 0 spiro atoms. The Morgan fingerprint density at radius 1 is 1.35 bits per heavy atom. The average molecular weight is 355 g/mol. The molecule has 1 aromatic heterocycles. The van der Waals surface area contributed by atoms with Crippen molar-refractivity contribution in [3.05, 3.63) is 45.4 Å². The van der Waals surface area contributed by atoms with Gasteiger partial charge in [0.25, 0.3) is 11.7 Å². The van der Waals surface area contributed by atoms with Gasteiger partial charge in [-0.15, -0.1) is 0 Å². The molecular weight excluding hydrogens is 346 g/mol. The van der Waals surface area contributed by atoms with Gasteiger partial charge in [-0.25, -0.2) is 4.98 Å². The first-order valence-corrected chi connectivity index (χ1v) is 6.98. The Kier molecular flexibility index (Phi) is 3.14. The number of rotatable bonds is 2. The number of anilines is 1. The van der Waals surface area contributed by atoms with E-state index in [0.29, 0.717) is 22.2 Å². The standard InChI is InChI=1S/C13H9BrClN3O2/c1-17-10(15)5-16-11(17)6-18-9-4-7(14)2-3-8(9)12(19)13(18)20/h2-5H,6H2,1H3. The number of nitrogens with zero attached hydrogens (tertiary/aromatic N) is 3. The molecule has 3 rings (SSSR count). The Hall–Kier alpha value is -1.66. The number of hydrogen-bond acceptors (Lipinski definition) is 3.